The third-order valence-corrected chi connectivity index (χ3v) is 3.22. The predicted octanol–water partition coefficient (Wildman–Crippen LogP) is 2.73. The Bertz CT molecular complexity index is 366. The molecule has 3 nitrogen and oxygen atoms in total. The Balaban J connectivity index is 1.95. The molecular formula is C13H18BrNO2. The van der Waals surface area contributed by atoms with Crippen LogP contribution in [0.15, 0.2) is 22.7 Å². The minimum Gasteiger partial charge on any atom is -0.491 e. The number of rotatable bonds is 7. The van der Waals surface area contributed by atoms with E-state index in [2.05, 4.69) is 27.3 Å². The Morgan fingerprint density at radius 3 is 2.88 bits per heavy atom. The summed E-state index contributed by atoms with van der Waals surface area (Å²) in [6.07, 6.45) is 2.60. The van der Waals surface area contributed by atoms with E-state index in [1.165, 1.54) is 18.4 Å². The van der Waals surface area contributed by atoms with Crippen molar-refractivity contribution in [3.05, 3.63) is 28.2 Å². The summed E-state index contributed by atoms with van der Waals surface area (Å²) in [6.45, 7) is 2.08. The van der Waals surface area contributed by atoms with E-state index < -0.39 is 0 Å². The van der Waals surface area contributed by atoms with Crippen LogP contribution in [0.4, 0.5) is 0 Å². The van der Waals surface area contributed by atoms with Gasteiger partial charge in [-0.2, -0.15) is 0 Å². The summed E-state index contributed by atoms with van der Waals surface area (Å²) >= 11 is 3.49. The van der Waals surface area contributed by atoms with E-state index in [0.717, 1.165) is 16.8 Å². The second kappa shape index (κ2) is 6.38. The molecule has 1 aromatic rings. The predicted molar refractivity (Wildman–Crippen MR) is 71.4 cm³/mol. The zero-order valence-electron chi connectivity index (χ0n) is 10.0. The normalized spacial score (nSPS) is 14.9. The van der Waals surface area contributed by atoms with Crippen molar-refractivity contribution in [1.82, 2.24) is 5.32 Å². The second-order valence-electron chi connectivity index (χ2n) is 4.25. The lowest BCUT2D eigenvalue weighted by Gasteiger charge is -2.12. The minimum absolute atomic E-state index is 0.592. The van der Waals surface area contributed by atoms with E-state index in [4.69, 9.17) is 9.47 Å². The lowest BCUT2D eigenvalue weighted by atomic mass is 10.2. The van der Waals surface area contributed by atoms with Gasteiger partial charge in [0.05, 0.1) is 6.61 Å². The van der Waals surface area contributed by atoms with Gasteiger partial charge in [0.2, 0.25) is 0 Å². The summed E-state index contributed by atoms with van der Waals surface area (Å²) in [5, 5.41) is 3.50. The Kier molecular flexibility index (Phi) is 4.83. The van der Waals surface area contributed by atoms with Crippen molar-refractivity contribution in [2.24, 2.45) is 0 Å². The third kappa shape index (κ3) is 4.30. The Labute approximate surface area is 111 Å². The quantitative estimate of drug-likeness (QED) is 0.785. The lowest BCUT2D eigenvalue weighted by Crippen LogP contribution is -2.16. The van der Waals surface area contributed by atoms with Gasteiger partial charge in [0.15, 0.2) is 0 Å². The van der Waals surface area contributed by atoms with Crippen molar-refractivity contribution >= 4 is 15.9 Å². The maximum Gasteiger partial charge on any atom is 0.123 e. The van der Waals surface area contributed by atoms with Gasteiger partial charge in [-0.05, 0) is 31.0 Å². The van der Waals surface area contributed by atoms with Crippen LogP contribution in [-0.2, 0) is 11.3 Å². The highest BCUT2D eigenvalue weighted by Crippen LogP contribution is 2.25. The largest absolute Gasteiger partial charge is 0.491 e. The smallest absolute Gasteiger partial charge is 0.123 e. The van der Waals surface area contributed by atoms with Crippen molar-refractivity contribution < 1.29 is 9.47 Å². The van der Waals surface area contributed by atoms with Crippen LogP contribution >= 0.6 is 15.9 Å². The topological polar surface area (TPSA) is 30.5 Å². The fourth-order valence-electron chi connectivity index (χ4n) is 1.60. The second-order valence-corrected chi connectivity index (χ2v) is 5.16. The molecule has 4 heteroatoms. The summed E-state index contributed by atoms with van der Waals surface area (Å²) in [5.74, 6) is 0.943. The molecule has 1 saturated carbocycles. The van der Waals surface area contributed by atoms with Gasteiger partial charge >= 0.3 is 0 Å². The van der Waals surface area contributed by atoms with Crippen LogP contribution in [0.25, 0.3) is 0 Å². The molecule has 0 saturated heterocycles. The van der Waals surface area contributed by atoms with Crippen molar-refractivity contribution in [1.29, 1.82) is 0 Å². The molecule has 94 valence electrons. The van der Waals surface area contributed by atoms with Crippen LogP contribution in [0.5, 0.6) is 5.75 Å². The molecule has 0 aromatic heterocycles. The average Bonchev–Trinajstić information content (AvgIpc) is 3.13. The van der Waals surface area contributed by atoms with Gasteiger partial charge in [-0.25, -0.2) is 0 Å². The molecule has 0 bridgehead atoms. The maximum absolute atomic E-state index is 5.70. The fourth-order valence-corrected chi connectivity index (χ4v) is 2.01. The van der Waals surface area contributed by atoms with Gasteiger partial charge in [-0.1, -0.05) is 15.9 Å². The van der Waals surface area contributed by atoms with Crippen LogP contribution in [0.2, 0.25) is 0 Å². The Morgan fingerprint density at radius 2 is 2.18 bits per heavy atom. The Morgan fingerprint density at radius 1 is 1.35 bits per heavy atom. The molecule has 0 aliphatic heterocycles. The van der Waals surface area contributed by atoms with E-state index in [1.807, 2.05) is 12.1 Å². The van der Waals surface area contributed by atoms with E-state index in [9.17, 15) is 0 Å². The van der Waals surface area contributed by atoms with Crippen LogP contribution in [0.3, 0.4) is 0 Å². The number of hydrogen-bond acceptors (Lipinski definition) is 3. The molecule has 1 fully saturated rings. The van der Waals surface area contributed by atoms with Gasteiger partial charge in [-0.3, -0.25) is 0 Å². The molecule has 0 amide bonds. The molecule has 0 heterocycles. The highest BCUT2D eigenvalue weighted by Gasteiger charge is 2.20. The molecule has 0 unspecified atom stereocenters. The number of nitrogens with one attached hydrogen (secondary N) is 1. The minimum atomic E-state index is 0.592. The third-order valence-electron chi connectivity index (χ3n) is 2.73. The van der Waals surface area contributed by atoms with Crippen molar-refractivity contribution in [2.75, 3.05) is 20.3 Å². The number of benzene rings is 1. The highest BCUT2D eigenvalue weighted by molar-refractivity contribution is 9.10. The SMILES string of the molecule is COCCOc1ccc(Br)cc1CNC1CC1. The van der Waals surface area contributed by atoms with E-state index in [1.54, 1.807) is 7.11 Å². The van der Waals surface area contributed by atoms with Gasteiger partial charge in [0.1, 0.15) is 12.4 Å². The zero-order valence-corrected chi connectivity index (χ0v) is 11.6. The van der Waals surface area contributed by atoms with Crippen LogP contribution in [-0.4, -0.2) is 26.4 Å². The molecule has 2 rings (SSSR count). The molecule has 0 spiro atoms. The summed E-state index contributed by atoms with van der Waals surface area (Å²) < 4.78 is 11.8. The number of methoxy groups -OCH3 is 1. The first kappa shape index (κ1) is 12.9. The molecular weight excluding hydrogens is 282 g/mol. The van der Waals surface area contributed by atoms with E-state index in [-0.39, 0.29) is 0 Å². The van der Waals surface area contributed by atoms with Crippen LogP contribution in [0.1, 0.15) is 18.4 Å². The van der Waals surface area contributed by atoms with Gasteiger partial charge < -0.3 is 14.8 Å². The average molecular weight is 300 g/mol. The first-order valence-corrected chi connectivity index (χ1v) is 6.72. The summed E-state index contributed by atoms with van der Waals surface area (Å²) in [4.78, 5) is 0. The van der Waals surface area contributed by atoms with E-state index >= 15 is 0 Å². The Hall–Kier alpha value is -0.580. The molecule has 0 radical (unpaired) electrons. The van der Waals surface area contributed by atoms with Gasteiger partial charge in [-0.15, -0.1) is 0 Å². The molecule has 1 aromatic carbocycles. The summed E-state index contributed by atoms with van der Waals surface area (Å²) in [6, 6.07) is 6.82. The molecule has 0 atom stereocenters. The standard InChI is InChI=1S/C13H18BrNO2/c1-16-6-7-17-13-5-2-11(14)8-10(13)9-15-12-3-4-12/h2,5,8,12,15H,3-4,6-7,9H2,1H3. The van der Waals surface area contributed by atoms with Crippen molar-refractivity contribution in [3.8, 4) is 5.75 Å². The first-order chi connectivity index (χ1) is 8.29. The maximum atomic E-state index is 5.70. The van der Waals surface area contributed by atoms with Gasteiger partial charge in [0.25, 0.3) is 0 Å². The first-order valence-electron chi connectivity index (χ1n) is 5.93. The monoisotopic (exact) mass is 299 g/mol. The molecule has 1 aliphatic carbocycles. The summed E-state index contributed by atoms with van der Waals surface area (Å²) in [5.41, 5.74) is 1.20. The highest BCUT2D eigenvalue weighted by atomic mass is 79.9. The number of ether oxygens (including phenoxy) is 2. The zero-order chi connectivity index (χ0) is 12.1. The van der Waals surface area contributed by atoms with Gasteiger partial charge in [0, 0.05) is 29.7 Å². The fraction of sp³-hybridized carbons (Fsp3) is 0.538. The number of hydrogen-bond donors (Lipinski definition) is 1. The van der Waals surface area contributed by atoms with Crippen LogP contribution in [0, 0.1) is 0 Å². The summed E-state index contributed by atoms with van der Waals surface area (Å²) in [7, 11) is 1.68. The molecule has 1 aliphatic rings. The molecule has 17 heavy (non-hydrogen) atoms. The van der Waals surface area contributed by atoms with Crippen molar-refractivity contribution in [2.45, 2.75) is 25.4 Å². The number of halogens is 1. The molecule has 1 N–H and O–H groups in total. The lowest BCUT2D eigenvalue weighted by molar-refractivity contribution is 0.145. The van der Waals surface area contributed by atoms with E-state index in [0.29, 0.717) is 19.3 Å². The van der Waals surface area contributed by atoms with Crippen LogP contribution < -0.4 is 10.1 Å². The van der Waals surface area contributed by atoms with Crippen molar-refractivity contribution in [3.63, 3.8) is 0 Å².